The predicted octanol–water partition coefficient (Wildman–Crippen LogP) is 2.95. The monoisotopic (exact) mass is 269 g/mol. The number of nitrogens with one attached hydrogen (secondary N) is 1. The maximum absolute atomic E-state index is 12.6. The first-order valence-corrected chi connectivity index (χ1v) is 6.61. The van der Waals surface area contributed by atoms with Gasteiger partial charge < -0.3 is 10.3 Å². The second-order valence-corrected chi connectivity index (χ2v) is 4.61. The molecule has 0 saturated carbocycles. The molecule has 1 amide bonds. The van der Waals surface area contributed by atoms with Gasteiger partial charge in [0.05, 0.1) is 0 Å². The van der Waals surface area contributed by atoms with Crippen LogP contribution >= 0.6 is 0 Å². The standard InChI is InChI=1S/C16H19N3O/c1-3-19(15-6-4-5-12(2)11-15)16(20)13-7-9-14(18-17)10-8-13/h4-11,18H,3,17H2,1-2H3. The number of hydrogen-bond acceptors (Lipinski definition) is 3. The van der Waals surface area contributed by atoms with Gasteiger partial charge in [-0.1, -0.05) is 12.1 Å². The first kappa shape index (κ1) is 14.1. The molecule has 20 heavy (non-hydrogen) atoms. The van der Waals surface area contributed by atoms with Crippen LogP contribution in [0.15, 0.2) is 48.5 Å². The minimum absolute atomic E-state index is 0.0123. The number of nitrogens with two attached hydrogens (primary N) is 1. The van der Waals surface area contributed by atoms with Crippen LogP contribution in [0, 0.1) is 6.92 Å². The summed E-state index contributed by atoms with van der Waals surface area (Å²) in [4.78, 5) is 14.3. The number of anilines is 2. The van der Waals surface area contributed by atoms with Crippen LogP contribution in [0.1, 0.15) is 22.8 Å². The molecule has 0 spiro atoms. The van der Waals surface area contributed by atoms with Crippen LogP contribution in [0.4, 0.5) is 11.4 Å². The van der Waals surface area contributed by atoms with E-state index in [1.54, 1.807) is 29.2 Å². The lowest BCUT2D eigenvalue weighted by molar-refractivity contribution is 0.0988. The van der Waals surface area contributed by atoms with Crippen LogP contribution in [-0.4, -0.2) is 12.5 Å². The van der Waals surface area contributed by atoms with E-state index in [1.165, 1.54) is 0 Å². The van der Waals surface area contributed by atoms with Crippen molar-refractivity contribution in [1.29, 1.82) is 0 Å². The molecule has 0 aliphatic heterocycles. The topological polar surface area (TPSA) is 58.4 Å². The molecule has 0 saturated heterocycles. The van der Waals surface area contributed by atoms with E-state index in [2.05, 4.69) is 5.43 Å². The molecule has 2 aromatic carbocycles. The van der Waals surface area contributed by atoms with E-state index in [0.29, 0.717) is 12.1 Å². The Balaban J connectivity index is 2.28. The van der Waals surface area contributed by atoms with Crippen LogP contribution in [0.2, 0.25) is 0 Å². The highest BCUT2D eigenvalue weighted by Gasteiger charge is 2.15. The van der Waals surface area contributed by atoms with E-state index in [-0.39, 0.29) is 5.91 Å². The number of benzene rings is 2. The third kappa shape index (κ3) is 2.97. The van der Waals surface area contributed by atoms with Gasteiger partial charge in [0.1, 0.15) is 0 Å². The molecule has 2 aromatic rings. The number of nitrogens with zero attached hydrogens (tertiary/aromatic N) is 1. The molecule has 0 atom stereocenters. The van der Waals surface area contributed by atoms with Crippen LogP contribution in [-0.2, 0) is 0 Å². The zero-order chi connectivity index (χ0) is 14.5. The minimum Gasteiger partial charge on any atom is -0.324 e. The van der Waals surface area contributed by atoms with Crippen LogP contribution in [0.3, 0.4) is 0 Å². The predicted molar refractivity (Wildman–Crippen MR) is 82.8 cm³/mol. The van der Waals surface area contributed by atoms with Crippen molar-refractivity contribution in [2.45, 2.75) is 13.8 Å². The molecule has 4 heteroatoms. The molecular formula is C16H19N3O. The van der Waals surface area contributed by atoms with Gasteiger partial charge in [0, 0.05) is 23.5 Å². The van der Waals surface area contributed by atoms with Crippen LogP contribution in [0.25, 0.3) is 0 Å². The molecule has 4 nitrogen and oxygen atoms in total. The molecule has 2 rings (SSSR count). The molecule has 3 N–H and O–H groups in total. The van der Waals surface area contributed by atoms with Gasteiger partial charge in [0.2, 0.25) is 0 Å². The van der Waals surface area contributed by atoms with Crippen molar-refractivity contribution in [2.75, 3.05) is 16.9 Å². The Morgan fingerprint density at radius 2 is 1.90 bits per heavy atom. The second kappa shape index (κ2) is 6.21. The molecule has 104 valence electrons. The summed E-state index contributed by atoms with van der Waals surface area (Å²) in [6.45, 7) is 4.61. The Kier molecular flexibility index (Phi) is 4.38. The van der Waals surface area contributed by atoms with Crippen LogP contribution in [0.5, 0.6) is 0 Å². The first-order chi connectivity index (χ1) is 9.65. The van der Waals surface area contributed by atoms with Crippen molar-refractivity contribution in [2.24, 2.45) is 5.84 Å². The quantitative estimate of drug-likeness (QED) is 0.662. The molecule has 0 radical (unpaired) electrons. The Labute approximate surface area is 119 Å². The number of aryl methyl sites for hydroxylation is 1. The second-order valence-electron chi connectivity index (χ2n) is 4.61. The van der Waals surface area contributed by atoms with Gasteiger partial charge in [0.25, 0.3) is 5.91 Å². The maximum atomic E-state index is 12.6. The van der Waals surface area contributed by atoms with Gasteiger partial charge in [-0.05, 0) is 55.8 Å². The highest BCUT2D eigenvalue weighted by atomic mass is 16.2. The Bertz CT molecular complexity index is 593. The fraction of sp³-hybridized carbons (Fsp3) is 0.188. The highest BCUT2D eigenvalue weighted by molar-refractivity contribution is 6.06. The Morgan fingerprint density at radius 1 is 1.20 bits per heavy atom. The Hall–Kier alpha value is -2.33. The number of rotatable bonds is 4. The summed E-state index contributed by atoms with van der Waals surface area (Å²) in [5.74, 6) is 5.31. The zero-order valence-corrected chi connectivity index (χ0v) is 11.8. The maximum Gasteiger partial charge on any atom is 0.258 e. The molecule has 0 bridgehead atoms. The summed E-state index contributed by atoms with van der Waals surface area (Å²) in [5.41, 5.74) is 6.03. The molecule has 0 aromatic heterocycles. The lowest BCUT2D eigenvalue weighted by Gasteiger charge is -2.21. The van der Waals surface area contributed by atoms with Gasteiger partial charge in [0.15, 0.2) is 0 Å². The summed E-state index contributed by atoms with van der Waals surface area (Å²) in [7, 11) is 0. The van der Waals surface area contributed by atoms with Gasteiger partial charge in [-0.15, -0.1) is 0 Å². The van der Waals surface area contributed by atoms with E-state index in [9.17, 15) is 4.79 Å². The number of nitrogen functional groups attached to an aromatic ring is 1. The molecular weight excluding hydrogens is 250 g/mol. The zero-order valence-electron chi connectivity index (χ0n) is 11.8. The van der Waals surface area contributed by atoms with E-state index >= 15 is 0 Å². The van der Waals surface area contributed by atoms with Crippen molar-refractivity contribution in [3.8, 4) is 0 Å². The van der Waals surface area contributed by atoms with Crippen molar-refractivity contribution in [1.82, 2.24) is 0 Å². The highest BCUT2D eigenvalue weighted by Crippen LogP contribution is 2.19. The third-order valence-electron chi connectivity index (χ3n) is 3.17. The number of hydrogen-bond donors (Lipinski definition) is 2. The molecule has 0 aliphatic rings. The number of amides is 1. The van der Waals surface area contributed by atoms with E-state index in [1.807, 2.05) is 38.1 Å². The SMILES string of the molecule is CCN(C(=O)c1ccc(NN)cc1)c1cccc(C)c1. The van der Waals surface area contributed by atoms with E-state index in [0.717, 1.165) is 16.9 Å². The van der Waals surface area contributed by atoms with Gasteiger partial charge >= 0.3 is 0 Å². The van der Waals surface area contributed by atoms with Crippen molar-refractivity contribution < 1.29 is 4.79 Å². The smallest absolute Gasteiger partial charge is 0.258 e. The molecule has 0 heterocycles. The average Bonchev–Trinajstić information content (AvgIpc) is 2.48. The fourth-order valence-electron chi connectivity index (χ4n) is 2.10. The van der Waals surface area contributed by atoms with Gasteiger partial charge in [-0.2, -0.15) is 0 Å². The first-order valence-electron chi connectivity index (χ1n) is 6.61. The summed E-state index contributed by atoms with van der Waals surface area (Å²) in [6, 6.07) is 15.1. The normalized spacial score (nSPS) is 10.2. The summed E-state index contributed by atoms with van der Waals surface area (Å²) in [5, 5.41) is 0. The van der Waals surface area contributed by atoms with Gasteiger partial charge in [-0.3, -0.25) is 10.6 Å². The lowest BCUT2D eigenvalue weighted by Crippen LogP contribution is -2.30. The summed E-state index contributed by atoms with van der Waals surface area (Å²) in [6.07, 6.45) is 0. The van der Waals surface area contributed by atoms with Crippen molar-refractivity contribution >= 4 is 17.3 Å². The van der Waals surface area contributed by atoms with Crippen molar-refractivity contribution in [3.05, 3.63) is 59.7 Å². The summed E-state index contributed by atoms with van der Waals surface area (Å²) >= 11 is 0. The average molecular weight is 269 g/mol. The minimum atomic E-state index is -0.0123. The molecule has 0 aliphatic carbocycles. The third-order valence-corrected chi connectivity index (χ3v) is 3.17. The van der Waals surface area contributed by atoms with Crippen molar-refractivity contribution in [3.63, 3.8) is 0 Å². The Morgan fingerprint density at radius 3 is 2.45 bits per heavy atom. The largest absolute Gasteiger partial charge is 0.324 e. The molecule has 0 unspecified atom stereocenters. The number of hydrazine groups is 1. The lowest BCUT2D eigenvalue weighted by atomic mass is 10.1. The van der Waals surface area contributed by atoms with Gasteiger partial charge in [-0.25, -0.2) is 0 Å². The number of carbonyl (C=O) groups excluding carboxylic acids is 1. The molecule has 0 fully saturated rings. The van der Waals surface area contributed by atoms with E-state index < -0.39 is 0 Å². The van der Waals surface area contributed by atoms with E-state index in [4.69, 9.17) is 5.84 Å². The fourth-order valence-corrected chi connectivity index (χ4v) is 2.10. The number of carbonyl (C=O) groups is 1. The summed E-state index contributed by atoms with van der Waals surface area (Å²) < 4.78 is 0. The van der Waals surface area contributed by atoms with Crippen LogP contribution < -0.4 is 16.2 Å².